The second-order valence-corrected chi connectivity index (χ2v) is 4.68. The highest BCUT2D eigenvalue weighted by molar-refractivity contribution is 5.88. The number of hydrogen-bond acceptors (Lipinski definition) is 2. The Labute approximate surface area is 112 Å². The fourth-order valence-corrected chi connectivity index (χ4v) is 2.04. The van der Waals surface area contributed by atoms with E-state index >= 15 is 0 Å². The number of fused-ring (bicyclic) bond motifs is 1. The summed E-state index contributed by atoms with van der Waals surface area (Å²) in [5.41, 5.74) is 1.52. The maximum atomic E-state index is 11.9. The first-order valence-electron chi connectivity index (χ1n) is 6.43. The van der Waals surface area contributed by atoms with E-state index in [4.69, 9.17) is 5.26 Å². The van der Waals surface area contributed by atoms with E-state index in [0.29, 0.717) is 5.56 Å². The molecule has 0 fully saturated rings. The van der Waals surface area contributed by atoms with Crippen molar-refractivity contribution in [1.29, 1.82) is 5.26 Å². The lowest BCUT2D eigenvalue weighted by Crippen LogP contribution is -2.34. The van der Waals surface area contributed by atoms with Gasteiger partial charge in [0.25, 0.3) is 0 Å². The van der Waals surface area contributed by atoms with E-state index in [1.807, 2.05) is 42.7 Å². The molecule has 0 radical (unpaired) electrons. The van der Waals surface area contributed by atoms with Crippen LogP contribution in [0.15, 0.2) is 30.5 Å². The molecule has 0 aliphatic carbocycles. The van der Waals surface area contributed by atoms with Crippen molar-refractivity contribution in [1.82, 2.24) is 9.88 Å². The molecule has 0 bridgehead atoms. The Morgan fingerprint density at radius 3 is 2.89 bits per heavy atom. The molecule has 0 saturated carbocycles. The third-order valence-electron chi connectivity index (χ3n) is 3.24. The molecule has 0 spiro atoms. The van der Waals surface area contributed by atoms with Crippen molar-refractivity contribution in [3.63, 3.8) is 0 Å². The highest BCUT2D eigenvalue weighted by atomic mass is 16.2. The van der Waals surface area contributed by atoms with E-state index in [1.165, 1.54) is 0 Å². The van der Waals surface area contributed by atoms with Gasteiger partial charge in [-0.05, 0) is 19.4 Å². The second-order valence-electron chi connectivity index (χ2n) is 4.68. The molecule has 19 heavy (non-hydrogen) atoms. The molecule has 1 aromatic carbocycles. The standard InChI is InChI=1S/C15H17N3O/c1-3-11(2)17-15(19)10-18-9-12(8-16)13-6-4-5-7-14(13)18/h4-7,9,11H,3,10H2,1-2H3,(H,17,19)/t11-/m0/s1. The third kappa shape index (κ3) is 2.76. The third-order valence-corrected chi connectivity index (χ3v) is 3.24. The molecule has 0 aliphatic heterocycles. The molecule has 1 aromatic heterocycles. The Balaban J connectivity index is 2.26. The van der Waals surface area contributed by atoms with Crippen LogP contribution >= 0.6 is 0 Å². The van der Waals surface area contributed by atoms with E-state index in [-0.39, 0.29) is 18.5 Å². The van der Waals surface area contributed by atoms with Gasteiger partial charge >= 0.3 is 0 Å². The van der Waals surface area contributed by atoms with Gasteiger partial charge in [-0.15, -0.1) is 0 Å². The maximum Gasteiger partial charge on any atom is 0.240 e. The first kappa shape index (κ1) is 13.2. The second kappa shape index (κ2) is 5.57. The van der Waals surface area contributed by atoms with Crippen molar-refractivity contribution in [2.45, 2.75) is 32.9 Å². The topological polar surface area (TPSA) is 57.8 Å². The molecule has 2 rings (SSSR count). The predicted molar refractivity (Wildman–Crippen MR) is 74.5 cm³/mol. The highest BCUT2D eigenvalue weighted by Crippen LogP contribution is 2.20. The van der Waals surface area contributed by atoms with Crippen LogP contribution in [-0.2, 0) is 11.3 Å². The SMILES string of the molecule is CC[C@H](C)NC(=O)Cn1cc(C#N)c2ccccc21. The van der Waals surface area contributed by atoms with Gasteiger partial charge in [-0.3, -0.25) is 4.79 Å². The molecule has 4 heteroatoms. The monoisotopic (exact) mass is 255 g/mol. The Morgan fingerprint density at radius 2 is 2.21 bits per heavy atom. The van der Waals surface area contributed by atoms with Crippen molar-refractivity contribution in [3.05, 3.63) is 36.0 Å². The first-order chi connectivity index (χ1) is 9.15. The largest absolute Gasteiger partial charge is 0.352 e. The molecule has 1 amide bonds. The van der Waals surface area contributed by atoms with Crippen LogP contribution in [-0.4, -0.2) is 16.5 Å². The van der Waals surface area contributed by atoms with Crippen LogP contribution in [0.5, 0.6) is 0 Å². The molecule has 0 saturated heterocycles. The van der Waals surface area contributed by atoms with E-state index in [9.17, 15) is 4.79 Å². The molecule has 1 atom stereocenters. The lowest BCUT2D eigenvalue weighted by Gasteiger charge is -2.12. The number of benzene rings is 1. The molecule has 4 nitrogen and oxygen atoms in total. The minimum Gasteiger partial charge on any atom is -0.352 e. The van der Waals surface area contributed by atoms with E-state index in [1.54, 1.807) is 6.20 Å². The van der Waals surface area contributed by atoms with Crippen LogP contribution in [0, 0.1) is 11.3 Å². The van der Waals surface area contributed by atoms with Gasteiger partial charge in [0, 0.05) is 23.1 Å². The summed E-state index contributed by atoms with van der Waals surface area (Å²) in [5, 5.41) is 12.9. The summed E-state index contributed by atoms with van der Waals surface area (Å²) in [6.45, 7) is 4.25. The zero-order valence-corrected chi connectivity index (χ0v) is 11.2. The quantitative estimate of drug-likeness (QED) is 0.912. The maximum absolute atomic E-state index is 11.9. The van der Waals surface area contributed by atoms with Crippen molar-refractivity contribution in [2.75, 3.05) is 0 Å². The molecular formula is C15H17N3O. The van der Waals surface area contributed by atoms with Gasteiger partial charge < -0.3 is 9.88 Å². The van der Waals surface area contributed by atoms with Gasteiger partial charge in [0.05, 0.1) is 5.56 Å². The number of nitrogens with one attached hydrogen (secondary N) is 1. The normalized spacial score (nSPS) is 12.1. The molecular weight excluding hydrogens is 238 g/mol. The zero-order valence-electron chi connectivity index (χ0n) is 11.2. The minimum absolute atomic E-state index is 0.0282. The molecule has 0 unspecified atom stereocenters. The average Bonchev–Trinajstić information content (AvgIpc) is 2.77. The molecule has 0 aliphatic rings. The van der Waals surface area contributed by atoms with Gasteiger partial charge in [-0.1, -0.05) is 25.1 Å². The summed E-state index contributed by atoms with van der Waals surface area (Å²) in [5.74, 6) is -0.0282. The van der Waals surface area contributed by atoms with E-state index in [2.05, 4.69) is 11.4 Å². The molecule has 2 aromatic rings. The summed E-state index contributed by atoms with van der Waals surface area (Å²) >= 11 is 0. The number of carbonyl (C=O) groups is 1. The van der Waals surface area contributed by atoms with Crippen molar-refractivity contribution >= 4 is 16.8 Å². The van der Waals surface area contributed by atoms with E-state index in [0.717, 1.165) is 17.3 Å². The summed E-state index contributed by atoms with van der Waals surface area (Å²) in [4.78, 5) is 11.9. The van der Waals surface area contributed by atoms with Gasteiger partial charge in [-0.25, -0.2) is 0 Å². The Morgan fingerprint density at radius 1 is 1.47 bits per heavy atom. The predicted octanol–water partition coefficient (Wildman–Crippen LogP) is 2.43. The van der Waals surface area contributed by atoms with Crippen molar-refractivity contribution in [2.24, 2.45) is 0 Å². The minimum atomic E-state index is -0.0282. The van der Waals surface area contributed by atoms with Crippen LogP contribution in [0.3, 0.4) is 0 Å². The number of nitriles is 1. The number of para-hydroxylation sites is 1. The average molecular weight is 255 g/mol. The summed E-state index contributed by atoms with van der Waals surface area (Å²) in [6, 6.07) is 9.96. The summed E-state index contributed by atoms with van der Waals surface area (Å²) in [6.07, 6.45) is 2.64. The zero-order chi connectivity index (χ0) is 13.8. The van der Waals surface area contributed by atoms with Crippen LogP contribution in [0.2, 0.25) is 0 Å². The van der Waals surface area contributed by atoms with Crippen LogP contribution < -0.4 is 5.32 Å². The summed E-state index contributed by atoms with van der Waals surface area (Å²) in [7, 11) is 0. The molecule has 1 heterocycles. The fourth-order valence-electron chi connectivity index (χ4n) is 2.04. The number of hydrogen-bond donors (Lipinski definition) is 1. The van der Waals surface area contributed by atoms with E-state index < -0.39 is 0 Å². The smallest absolute Gasteiger partial charge is 0.240 e. The van der Waals surface area contributed by atoms with Gasteiger partial charge in [0.1, 0.15) is 12.6 Å². The van der Waals surface area contributed by atoms with Crippen LogP contribution in [0.1, 0.15) is 25.8 Å². The van der Waals surface area contributed by atoms with Crippen molar-refractivity contribution in [3.8, 4) is 6.07 Å². The lowest BCUT2D eigenvalue weighted by molar-refractivity contribution is -0.122. The highest BCUT2D eigenvalue weighted by Gasteiger charge is 2.11. The first-order valence-corrected chi connectivity index (χ1v) is 6.43. The number of carbonyl (C=O) groups excluding carboxylic acids is 1. The number of amides is 1. The van der Waals surface area contributed by atoms with Crippen molar-refractivity contribution < 1.29 is 4.79 Å². The Hall–Kier alpha value is -2.28. The number of nitrogens with zero attached hydrogens (tertiary/aromatic N) is 2. The number of aromatic nitrogens is 1. The van der Waals surface area contributed by atoms with Gasteiger partial charge in [-0.2, -0.15) is 5.26 Å². The summed E-state index contributed by atoms with van der Waals surface area (Å²) < 4.78 is 1.82. The molecule has 1 N–H and O–H groups in total. The Bertz CT molecular complexity index is 636. The number of rotatable bonds is 4. The molecule has 98 valence electrons. The van der Waals surface area contributed by atoms with Crippen LogP contribution in [0.25, 0.3) is 10.9 Å². The van der Waals surface area contributed by atoms with Crippen LogP contribution in [0.4, 0.5) is 0 Å². The lowest BCUT2D eigenvalue weighted by atomic mass is 10.2. The Kier molecular flexibility index (Phi) is 3.86. The van der Waals surface area contributed by atoms with Gasteiger partial charge in [0.2, 0.25) is 5.91 Å². The fraction of sp³-hybridized carbons (Fsp3) is 0.333. The van der Waals surface area contributed by atoms with Gasteiger partial charge in [0.15, 0.2) is 0 Å².